The third-order valence-corrected chi connectivity index (χ3v) is 2.61. The Morgan fingerprint density at radius 3 is 3.30 bits per heavy atom. The van der Waals surface area contributed by atoms with E-state index in [0.29, 0.717) is 6.10 Å². The zero-order valence-corrected chi connectivity index (χ0v) is 6.31. The molecule has 0 aromatic heterocycles. The molecular weight excluding hydrogens is 126 g/mol. The monoisotopic (exact) mass is 141 g/mol. The maximum Gasteiger partial charge on any atom is 0.0616 e. The van der Waals surface area contributed by atoms with Crippen LogP contribution in [0.2, 0.25) is 0 Å². The van der Waals surface area contributed by atoms with Crippen LogP contribution in [0, 0.1) is 5.92 Å². The van der Waals surface area contributed by atoms with Crippen molar-refractivity contribution in [2.75, 3.05) is 19.7 Å². The van der Waals surface area contributed by atoms with Crippen molar-refractivity contribution in [3.8, 4) is 0 Å². The normalized spacial score (nSPS) is 40.8. The molecule has 0 spiro atoms. The summed E-state index contributed by atoms with van der Waals surface area (Å²) in [7, 11) is 0. The van der Waals surface area contributed by atoms with Gasteiger partial charge in [-0.25, -0.2) is 0 Å². The van der Waals surface area contributed by atoms with Gasteiger partial charge in [-0.2, -0.15) is 0 Å². The highest BCUT2D eigenvalue weighted by atomic mass is 16.5. The first kappa shape index (κ1) is 6.62. The Kier molecular flexibility index (Phi) is 1.91. The summed E-state index contributed by atoms with van der Waals surface area (Å²) < 4.78 is 5.66. The van der Waals surface area contributed by atoms with Gasteiger partial charge in [-0.15, -0.1) is 0 Å². The van der Waals surface area contributed by atoms with Crippen LogP contribution >= 0.6 is 0 Å². The molecule has 0 amide bonds. The van der Waals surface area contributed by atoms with Crippen LogP contribution in [0.25, 0.3) is 0 Å². The fourth-order valence-electron chi connectivity index (χ4n) is 2.03. The van der Waals surface area contributed by atoms with Crippen molar-refractivity contribution in [2.45, 2.75) is 25.4 Å². The van der Waals surface area contributed by atoms with Crippen molar-refractivity contribution in [3.63, 3.8) is 0 Å². The van der Waals surface area contributed by atoms with Crippen LogP contribution in [-0.2, 0) is 4.74 Å². The molecule has 1 saturated heterocycles. The SMILES string of the molecule is C1CC2CNCCOC2C1. The molecule has 0 radical (unpaired) electrons. The average Bonchev–Trinajstić information content (AvgIpc) is 2.28. The predicted molar refractivity (Wildman–Crippen MR) is 40.0 cm³/mol. The summed E-state index contributed by atoms with van der Waals surface area (Å²) in [5, 5.41) is 3.39. The fraction of sp³-hybridized carbons (Fsp3) is 1.00. The summed E-state index contributed by atoms with van der Waals surface area (Å²) in [6, 6.07) is 0. The van der Waals surface area contributed by atoms with E-state index in [4.69, 9.17) is 4.74 Å². The molecule has 0 bridgehead atoms. The van der Waals surface area contributed by atoms with Gasteiger partial charge in [-0.3, -0.25) is 0 Å². The van der Waals surface area contributed by atoms with Gasteiger partial charge in [0.2, 0.25) is 0 Å². The maximum absolute atomic E-state index is 5.66. The summed E-state index contributed by atoms with van der Waals surface area (Å²) in [6.45, 7) is 3.15. The fourth-order valence-corrected chi connectivity index (χ4v) is 2.03. The molecule has 2 nitrogen and oxygen atoms in total. The summed E-state index contributed by atoms with van der Waals surface area (Å²) in [5.74, 6) is 0.822. The first-order valence-corrected chi connectivity index (χ1v) is 4.29. The summed E-state index contributed by atoms with van der Waals surface area (Å²) in [6.07, 6.45) is 4.64. The number of hydrogen-bond donors (Lipinski definition) is 1. The van der Waals surface area contributed by atoms with Crippen molar-refractivity contribution >= 4 is 0 Å². The second-order valence-corrected chi connectivity index (χ2v) is 3.30. The third-order valence-electron chi connectivity index (χ3n) is 2.61. The standard InChI is InChI=1S/C8H15NO/c1-2-7-6-9-4-5-10-8(7)3-1/h7-9H,1-6H2. The Balaban J connectivity index is 1.95. The van der Waals surface area contributed by atoms with Crippen molar-refractivity contribution in [2.24, 2.45) is 5.92 Å². The van der Waals surface area contributed by atoms with Crippen LogP contribution in [0.3, 0.4) is 0 Å². The molecule has 0 aromatic rings. The minimum atomic E-state index is 0.593. The number of rotatable bonds is 0. The molecule has 1 saturated carbocycles. The van der Waals surface area contributed by atoms with Crippen LogP contribution in [0.5, 0.6) is 0 Å². The Bertz CT molecular complexity index is 104. The van der Waals surface area contributed by atoms with Crippen LogP contribution in [0.15, 0.2) is 0 Å². The van der Waals surface area contributed by atoms with Crippen molar-refractivity contribution in [1.82, 2.24) is 5.32 Å². The lowest BCUT2D eigenvalue weighted by molar-refractivity contribution is 0.0477. The van der Waals surface area contributed by atoms with E-state index in [-0.39, 0.29) is 0 Å². The number of ether oxygens (including phenoxy) is 1. The van der Waals surface area contributed by atoms with Gasteiger partial charge in [0.1, 0.15) is 0 Å². The first-order chi connectivity index (χ1) is 4.97. The zero-order chi connectivity index (χ0) is 6.81. The Morgan fingerprint density at radius 2 is 2.30 bits per heavy atom. The second-order valence-electron chi connectivity index (χ2n) is 3.30. The molecule has 1 N–H and O–H groups in total. The van der Waals surface area contributed by atoms with Gasteiger partial charge < -0.3 is 10.1 Å². The molecule has 2 unspecified atom stereocenters. The second kappa shape index (κ2) is 2.89. The molecule has 2 rings (SSSR count). The van der Waals surface area contributed by atoms with Crippen molar-refractivity contribution in [3.05, 3.63) is 0 Å². The van der Waals surface area contributed by atoms with Gasteiger partial charge in [-0.1, -0.05) is 6.42 Å². The molecular formula is C8H15NO. The smallest absolute Gasteiger partial charge is 0.0616 e. The van der Waals surface area contributed by atoms with Gasteiger partial charge in [-0.05, 0) is 18.8 Å². The van der Waals surface area contributed by atoms with Gasteiger partial charge in [0.25, 0.3) is 0 Å². The Morgan fingerprint density at radius 1 is 1.30 bits per heavy atom. The van der Waals surface area contributed by atoms with E-state index in [1.807, 2.05) is 0 Å². The number of fused-ring (bicyclic) bond motifs is 1. The summed E-state index contributed by atoms with van der Waals surface area (Å²) in [4.78, 5) is 0. The van der Waals surface area contributed by atoms with E-state index in [0.717, 1.165) is 19.1 Å². The van der Waals surface area contributed by atoms with Gasteiger partial charge >= 0.3 is 0 Å². The van der Waals surface area contributed by atoms with Crippen LogP contribution in [0.1, 0.15) is 19.3 Å². The maximum atomic E-state index is 5.66. The van der Waals surface area contributed by atoms with E-state index in [9.17, 15) is 0 Å². The van der Waals surface area contributed by atoms with E-state index < -0.39 is 0 Å². The molecule has 10 heavy (non-hydrogen) atoms. The van der Waals surface area contributed by atoms with E-state index in [1.54, 1.807) is 0 Å². The number of nitrogens with one attached hydrogen (secondary N) is 1. The first-order valence-electron chi connectivity index (χ1n) is 4.29. The van der Waals surface area contributed by atoms with Crippen molar-refractivity contribution in [1.29, 1.82) is 0 Å². The Hall–Kier alpha value is -0.0800. The molecule has 0 aromatic carbocycles. The van der Waals surface area contributed by atoms with Gasteiger partial charge in [0.05, 0.1) is 12.7 Å². The largest absolute Gasteiger partial charge is 0.377 e. The van der Waals surface area contributed by atoms with Crippen LogP contribution in [-0.4, -0.2) is 25.8 Å². The molecule has 2 fully saturated rings. The van der Waals surface area contributed by atoms with Crippen molar-refractivity contribution < 1.29 is 4.74 Å². The molecule has 1 heterocycles. The molecule has 2 atom stereocenters. The Labute approximate surface area is 61.9 Å². The predicted octanol–water partition coefficient (Wildman–Crippen LogP) is 0.775. The minimum Gasteiger partial charge on any atom is -0.377 e. The lowest BCUT2D eigenvalue weighted by atomic mass is 10.1. The average molecular weight is 141 g/mol. The van der Waals surface area contributed by atoms with E-state index in [1.165, 1.54) is 25.8 Å². The highest BCUT2D eigenvalue weighted by Gasteiger charge is 2.28. The molecule has 2 heteroatoms. The zero-order valence-electron chi connectivity index (χ0n) is 6.31. The molecule has 58 valence electrons. The molecule has 2 aliphatic rings. The summed E-state index contributed by atoms with van der Waals surface area (Å²) in [5.41, 5.74) is 0. The number of hydrogen-bond acceptors (Lipinski definition) is 2. The molecule has 1 aliphatic heterocycles. The topological polar surface area (TPSA) is 21.3 Å². The van der Waals surface area contributed by atoms with E-state index in [2.05, 4.69) is 5.32 Å². The highest BCUT2D eigenvalue weighted by molar-refractivity contribution is 4.81. The minimum absolute atomic E-state index is 0.593. The lowest BCUT2D eigenvalue weighted by Crippen LogP contribution is -2.24. The molecule has 1 aliphatic carbocycles. The lowest BCUT2D eigenvalue weighted by Gasteiger charge is -2.14. The highest BCUT2D eigenvalue weighted by Crippen LogP contribution is 2.28. The quantitative estimate of drug-likeness (QED) is 0.538. The van der Waals surface area contributed by atoms with Crippen LogP contribution in [0.4, 0.5) is 0 Å². The van der Waals surface area contributed by atoms with E-state index >= 15 is 0 Å². The van der Waals surface area contributed by atoms with Gasteiger partial charge in [0.15, 0.2) is 0 Å². The summed E-state index contributed by atoms with van der Waals surface area (Å²) >= 11 is 0. The van der Waals surface area contributed by atoms with Crippen LogP contribution < -0.4 is 5.32 Å². The third kappa shape index (κ3) is 1.18. The van der Waals surface area contributed by atoms with Gasteiger partial charge in [0, 0.05) is 13.1 Å².